The first kappa shape index (κ1) is 37.8. The summed E-state index contributed by atoms with van der Waals surface area (Å²) < 4.78 is 11.5. The van der Waals surface area contributed by atoms with Crippen molar-refractivity contribution in [1.82, 2.24) is 9.13 Å². The standard InChI is InChI=1S/C53H35N3O.2C2H6/c1-2-14-34(15-3-1)37-16-4-5-17-40-39(37)22-13-26-47(40)56-48-25-10-7-20-45(48)51-49(56)29-28-43-41-18-6-9-24-46(41)55(52(43)51)36-32-35(30-31-54-33-36)38-21-12-23-44-42-19-8-11-27-50(42)57-53(38)44;2*1-2/h1-29,31-33,37H,30H2;2*1-2H3. The van der Waals surface area contributed by atoms with Crippen LogP contribution in [0.1, 0.15) is 62.3 Å². The lowest BCUT2D eigenvalue weighted by Gasteiger charge is -2.20. The fraction of sp³-hybridized carbons (Fsp3) is 0.105. The van der Waals surface area contributed by atoms with Gasteiger partial charge in [-0.25, -0.2) is 0 Å². The molecule has 0 bridgehead atoms. The van der Waals surface area contributed by atoms with Gasteiger partial charge in [0.25, 0.3) is 0 Å². The Morgan fingerprint density at radius 3 is 2.11 bits per heavy atom. The summed E-state index contributed by atoms with van der Waals surface area (Å²) in [5.41, 5.74) is 14.7. The molecule has 0 radical (unpaired) electrons. The molecule has 4 heteroatoms. The van der Waals surface area contributed by atoms with E-state index in [1.165, 1.54) is 55.0 Å². The Kier molecular flexibility index (Phi) is 9.90. The van der Waals surface area contributed by atoms with Crippen LogP contribution in [0.15, 0.2) is 192 Å². The fourth-order valence-electron chi connectivity index (χ4n) is 9.50. The highest BCUT2D eigenvalue weighted by Gasteiger charge is 2.25. The van der Waals surface area contributed by atoms with Gasteiger partial charge in [0.1, 0.15) is 11.2 Å². The highest BCUT2D eigenvalue weighted by atomic mass is 16.3. The van der Waals surface area contributed by atoms with E-state index in [1.807, 2.05) is 46.2 Å². The first-order valence-electron chi connectivity index (χ1n) is 21.6. The van der Waals surface area contributed by atoms with Gasteiger partial charge in [-0.1, -0.05) is 173 Å². The second-order valence-corrected chi connectivity index (χ2v) is 15.0. The van der Waals surface area contributed by atoms with Crippen molar-refractivity contribution in [3.8, 4) is 5.69 Å². The molecule has 1 atom stereocenters. The van der Waals surface area contributed by atoms with Crippen LogP contribution in [-0.2, 0) is 0 Å². The summed E-state index contributed by atoms with van der Waals surface area (Å²) in [6.45, 7) is 8.00. The van der Waals surface area contributed by atoms with Crippen LogP contribution in [0.3, 0.4) is 0 Å². The van der Waals surface area contributed by atoms with E-state index in [0.717, 1.165) is 49.8 Å². The van der Waals surface area contributed by atoms with E-state index in [1.54, 1.807) is 0 Å². The van der Waals surface area contributed by atoms with Gasteiger partial charge in [0.15, 0.2) is 0 Å². The van der Waals surface area contributed by atoms with Crippen molar-refractivity contribution in [1.29, 1.82) is 0 Å². The Morgan fingerprint density at radius 1 is 0.574 bits per heavy atom. The first-order chi connectivity index (χ1) is 30.3. The number of allylic oxidation sites excluding steroid dienone is 6. The molecule has 0 saturated heterocycles. The minimum atomic E-state index is 0.146. The maximum Gasteiger partial charge on any atom is 0.142 e. The van der Waals surface area contributed by atoms with Crippen LogP contribution < -0.4 is 0 Å². The molecule has 7 aromatic carbocycles. The molecule has 296 valence electrons. The molecule has 4 nitrogen and oxygen atoms in total. The van der Waals surface area contributed by atoms with Crippen molar-refractivity contribution in [2.24, 2.45) is 4.99 Å². The van der Waals surface area contributed by atoms with Gasteiger partial charge in [0, 0.05) is 62.0 Å². The molecular formula is C57H47N3O. The smallest absolute Gasteiger partial charge is 0.142 e. The van der Waals surface area contributed by atoms with E-state index >= 15 is 0 Å². The molecule has 0 spiro atoms. The van der Waals surface area contributed by atoms with Gasteiger partial charge in [-0.3, -0.25) is 4.99 Å². The van der Waals surface area contributed by atoms with Gasteiger partial charge in [-0.15, -0.1) is 0 Å². The van der Waals surface area contributed by atoms with Crippen molar-refractivity contribution < 1.29 is 4.42 Å². The van der Waals surface area contributed by atoms with E-state index in [2.05, 4.69) is 185 Å². The molecule has 1 aliphatic carbocycles. The summed E-state index contributed by atoms with van der Waals surface area (Å²) in [6, 6.07) is 54.7. The average Bonchev–Trinajstić information content (AvgIpc) is 3.83. The third-order valence-electron chi connectivity index (χ3n) is 12.0. The maximum atomic E-state index is 6.55. The third-order valence-corrected chi connectivity index (χ3v) is 12.0. The minimum Gasteiger partial charge on any atom is -0.455 e. The Morgan fingerprint density at radius 2 is 1.28 bits per heavy atom. The molecule has 3 aromatic heterocycles. The number of hydrogen-bond donors (Lipinski definition) is 0. The third kappa shape index (κ3) is 6.09. The highest BCUT2D eigenvalue weighted by molar-refractivity contribution is 6.27. The number of rotatable bonds is 4. The number of aromatic nitrogens is 2. The zero-order chi connectivity index (χ0) is 41.5. The molecular weight excluding hydrogens is 743 g/mol. The van der Waals surface area contributed by atoms with Gasteiger partial charge in [-0.05, 0) is 53.1 Å². The van der Waals surface area contributed by atoms with Gasteiger partial charge in [0.05, 0.1) is 39.7 Å². The lowest BCUT2D eigenvalue weighted by molar-refractivity contribution is 0.667. The van der Waals surface area contributed by atoms with Crippen molar-refractivity contribution in [2.45, 2.75) is 40.0 Å². The number of para-hydroxylation sites is 4. The molecule has 12 rings (SSSR count). The van der Waals surface area contributed by atoms with Crippen LogP contribution in [0, 0.1) is 0 Å². The van der Waals surface area contributed by atoms with Crippen molar-refractivity contribution in [3.05, 3.63) is 204 Å². The van der Waals surface area contributed by atoms with Crippen LogP contribution in [0.2, 0.25) is 0 Å². The topological polar surface area (TPSA) is 35.4 Å². The maximum absolute atomic E-state index is 6.55. The average molecular weight is 790 g/mol. The summed E-state index contributed by atoms with van der Waals surface area (Å²) in [5, 5.41) is 7.11. The molecule has 0 amide bonds. The van der Waals surface area contributed by atoms with Crippen LogP contribution in [-0.4, -0.2) is 15.3 Å². The second-order valence-electron chi connectivity index (χ2n) is 15.0. The van der Waals surface area contributed by atoms with Crippen LogP contribution in [0.5, 0.6) is 0 Å². The number of benzene rings is 7. The minimum absolute atomic E-state index is 0.146. The Bertz CT molecular complexity index is 3440. The zero-order valence-electron chi connectivity index (χ0n) is 35.0. The zero-order valence-corrected chi connectivity index (χ0v) is 35.0. The van der Waals surface area contributed by atoms with E-state index in [4.69, 9.17) is 9.41 Å². The predicted octanol–water partition coefficient (Wildman–Crippen LogP) is 15.9. The number of furan rings is 1. The molecule has 61 heavy (non-hydrogen) atoms. The van der Waals surface area contributed by atoms with E-state index in [-0.39, 0.29) is 5.92 Å². The van der Waals surface area contributed by atoms with Crippen molar-refractivity contribution in [3.63, 3.8) is 0 Å². The Labute approximate surface area is 356 Å². The largest absolute Gasteiger partial charge is 0.455 e. The van der Waals surface area contributed by atoms with Crippen LogP contribution in [0.25, 0.3) is 88.6 Å². The fourth-order valence-corrected chi connectivity index (χ4v) is 9.50. The summed E-state index contributed by atoms with van der Waals surface area (Å²) >= 11 is 0. The molecule has 1 unspecified atom stereocenters. The second kappa shape index (κ2) is 16.0. The predicted molar refractivity (Wildman–Crippen MR) is 262 cm³/mol. The highest BCUT2D eigenvalue weighted by Crippen LogP contribution is 2.45. The Hall–Kier alpha value is -7.43. The molecule has 2 aliphatic rings. The number of aliphatic imine (C=N–C) groups is 1. The molecule has 4 heterocycles. The molecule has 1 aliphatic heterocycles. The van der Waals surface area contributed by atoms with E-state index in [9.17, 15) is 0 Å². The lowest BCUT2D eigenvalue weighted by Crippen LogP contribution is -2.04. The molecule has 0 fully saturated rings. The van der Waals surface area contributed by atoms with Crippen LogP contribution in [0.4, 0.5) is 0 Å². The first-order valence-corrected chi connectivity index (χ1v) is 21.6. The van der Waals surface area contributed by atoms with Crippen molar-refractivity contribution in [2.75, 3.05) is 0 Å². The van der Waals surface area contributed by atoms with Crippen molar-refractivity contribution >= 4 is 89.1 Å². The SMILES string of the molecule is C1=Cc2c(cccc2-n2c3ccccc3c3c4c(ccc32)c2ccccc2n4C2=CN=CCC(c3cccc4c3oc3ccccc34)=C2)C(c2ccccc2)C=C1.CC.CC. The number of nitrogens with zero attached hydrogens (tertiary/aromatic N) is 3. The van der Waals surface area contributed by atoms with Gasteiger partial charge in [0.2, 0.25) is 0 Å². The molecule has 10 aromatic rings. The summed E-state index contributed by atoms with van der Waals surface area (Å²) in [6.07, 6.45) is 16.0. The summed E-state index contributed by atoms with van der Waals surface area (Å²) in [5.74, 6) is 0.146. The Balaban J connectivity index is 0.00000108. The number of hydrogen-bond acceptors (Lipinski definition) is 2. The van der Waals surface area contributed by atoms with E-state index < -0.39 is 0 Å². The summed E-state index contributed by atoms with van der Waals surface area (Å²) in [4.78, 5) is 4.90. The molecule has 0 saturated carbocycles. The lowest BCUT2D eigenvalue weighted by atomic mass is 9.88. The number of fused-ring (bicyclic) bond motifs is 11. The normalized spacial score (nSPS) is 14.7. The van der Waals surface area contributed by atoms with Gasteiger partial charge in [-0.2, -0.15) is 0 Å². The van der Waals surface area contributed by atoms with Crippen LogP contribution >= 0.6 is 0 Å². The van der Waals surface area contributed by atoms with Gasteiger partial charge >= 0.3 is 0 Å². The van der Waals surface area contributed by atoms with E-state index in [0.29, 0.717) is 6.42 Å². The van der Waals surface area contributed by atoms with Gasteiger partial charge < -0.3 is 13.6 Å². The summed E-state index contributed by atoms with van der Waals surface area (Å²) in [7, 11) is 0. The molecule has 0 N–H and O–H groups in total. The quantitative estimate of drug-likeness (QED) is 0.175. The monoisotopic (exact) mass is 789 g/mol.